The van der Waals surface area contributed by atoms with Gasteiger partial charge in [0.25, 0.3) is 0 Å². The molecule has 0 aliphatic carbocycles. The Balaban J connectivity index is 1.59. The van der Waals surface area contributed by atoms with Crippen LogP contribution in [0.3, 0.4) is 0 Å². The lowest BCUT2D eigenvalue weighted by atomic mass is 10.2. The Morgan fingerprint density at radius 3 is 2.92 bits per heavy atom. The van der Waals surface area contributed by atoms with Crippen LogP contribution in [-0.2, 0) is 11.3 Å². The summed E-state index contributed by atoms with van der Waals surface area (Å²) in [5.74, 6) is 1.23. The molecule has 2 aromatic rings. The van der Waals surface area contributed by atoms with Crippen LogP contribution in [-0.4, -0.2) is 30.7 Å². The van der Waals surface area contributed by atoms with Gasteiger partial charge in [0.05, 0.1) is 10.9 Å². The minimum Gasteiger partial charge on any atom is -0.454 e. The molecule has 0 fully saturated rings. The second-order valence-electron chi connectivity index (χ2n) is 5.28. The van der Waals surface area contributed by atoms with Crippen molar-refractivity contribution >= 4 is 34.5 Å². The van der Waals surface area contributed by atoms with Crippen molar-refractivity contribution in [3.05, 3.63) is 52.2 Å². The van der Waals surface area contributed by atoms with Crippen LogP contribution in [0.2, 0.25) is 4.34 Å². The predicted molar refractivity (Wildman–Crippen MR) is 96.0 cm³/mol. The number of ether oxygens (including phenoxy) is 2. The number of hydrogen-bond donors (Lipinski definition) is 1. The Morgan fingerprint density at radius 2 is 2.17 bits per heavy atom. The number of carbonyl (C=O) groups excluding carboxylic acids is 1. The fourth-order valence-electron chi connectivity index (χ4n) is 2.40. The Hall–Kier alpha value is -2.02. The first-order chi connectivity index (χ1) is 11.6. The summed E-state index contributed by atoms with van der Waals surface area (Å²) in [6.07, 6.45) is 1.78. The monoisotopic (exact) mass is 364 g/mol. The second-order valence-corrected chi connectivity index (χ2v) is 7.08. The van der Waals surface area contributed by atoms with E-state index in [2.05, 4.69) is 11.9 Å². The molecule has 1 aromatic heterocycles. The van der Waals surface area contributed by atoms with Gasteiger partial charge in [-0.2, -0.15) is 0 Å². The van der Waals surface area contributed by atoms with Crippen molar-refractivity contribution in [1.29, 1.82) is 0 Å². The lowest BCUT2D eigenvalue weighted by molar-refractivity contribution is -0.117. The number of carbonyl (C=O) groups is 1. The van der Waals surface area contributed by atoms with Gasteiger partial charge < -0.3 is 14.8 Å². The zero-order valence-corrected chi connectivity index (χ0v) is 14.5. The molecule has 24 heavy (non-hydrogen) atoms. The first-order valence-electron chi connectivity index (χ1n) is 7.41. The van der Waals surface area contributed by atoms with E-state index in [4.69, 9.17) is 21.1 Å². The third kappa shape index (κ3) is 4.29. The molecule has 1 amide bonds. The lowest BCUT2D eigenvalue weighted by Gasteiger charge is -2.19. The van der Waals surface area contributed by atoms with Gasteiger partial charge in [-0.05, 0) is 24.3 Å². The van der Waals surface area contributed by atoms with E-state index in [1.54, 1.807) is 24.3 Å². The molecule has 0 unspecified atom stereocenters. The van der Waals surface area contributed by atoms with E-state index in [1.807, 2.05) is 17.0 Å². The number of rotatable bonds is 7. The van der Waals surface area contributed by atoms with Crippen LogP contribution >= 0.6 is 22.9 Å². The number of anilines is 1. The number of nitrogens with zero attached hydrogens (tertiary/aromatic N) is 1. The molecule has 5 nitrogen and oxygen atoms in total. The van der Waals surface area contributed by atoms with Gasteiger partial charge in [0.15, 0.2) is 11.5 Å². The normalized spacial score (nSPS) is 12.4. The standard InChI is InChI=1S/C17H17ClN2O3S/c1-2-7-20(9-13-4-6-16(18)24-13)10-17(21)19-12-3-5-14-15(8-12)23-11-22-14/h2-6,8H,1,7,9-11H2,(H,19,21). The molecular weight excluding hydrogens is 348 g/mol. The smallest absolute Gasteiger partial charge is 0.238 e. The zero-order chi connectivity index (χ0) is 16.9. The number of amides is 1. The molecule has 1 aliphatic heterocycles. The van der Waals surface area contributed by atoms with Crippen molar-refractivity contribution in [2.75, 3.05) is 25.2 Å². The van der Waals surface area contributed by atoms with Gasteiger partial charge in [0.2, 0.25) is 12.7 Å². The van der Waals surface area contributed by atoms with Crippen LogP contribution in [0.5, 0.6) is 11.5 Å². The van der Waals surface area contributed by atoms with E-state index in [-0.39, 0.29) is 19.2 Å². The van der Waals surface area contributed by atoms with Crippen LogP contribution < -0.4 is 14.8 Å². The maximum absolute atomic E-state index is 12.3. The van der Waals surface area contributed by atoms with Crippen LogP contribution in [0.15, 0.2) is 43.0 Å². The summed E-state index contributed by atoms with van der Waals surface area (Å²) >= 11 is 7.47. The molecule has 0 atom stereocenters. The Morgan fingerprint density at radius 1 is 1.33 bits per heavy atom. The highest BCUT2D eigenvalue weighted by molar-refractivity contribution is 7.16. The van der Waals surface area contributed by atoms with Crippen molar-refractivity contribution in [2.45, 2.75) is 6.54 Å². The minimum absolute atomic E-state index is 0.0987. The maximum atomic E-state index is 12.3. The summed E-state index contributed by atoms with van der Waals surface area (Å²) in [7, 11) is 0. The van der Waals surface area contributed by atoms with Gasteiger partial charge in [0.1, 0.15) is 0 Å². The van der Waals surface area contributed by atoms with E-state index in [1.165, 1.54) is 11.3 Å². The highest BCUT2D eigenvalue weighted by Crippen LogP contribution is 2.34. The zero-order valence-electron chi connectivity index (χ0n) is 13.0. The number of thiophene rings is 1. The summed E-state index contributed by atoms with van der Waals surface area (Å²) in [6, 6.07) is 9.17. The predicted octanol–water partition coefficient (Wildman–Crippen LogP) is 3.76. The molecule has 0 radical (unpaired) electrons. The molecule has 1 aromatic carbocycles. The third-order valence-electron chi connectivity index (χ3n) is 3.42. The highest BCUT2D eigenvalue weighted by atomic mass is 35.5. The van der Waals surface area contributed by atoms with Crippen LogP contribution in [0.1, 0.15) is 4.88 Å². The van der Waals surface area contributed by atoms with Crippen molar-refractivity contribution in [1.82, 2.24) is 4.90 Å². The van der Waals surface area contributed by atoms with Gasteiger partial charge in [-0.15, -0.1) is 17.9 Å². The average Bonchev–Trinajstić information content (AvgIpc) is 3.15. The third-order valence-corrected chi connectivity index (χ3v) is 4.64. The van der Waals surface area contributed by atoms with Gasteiger partial charge >= 0.3 is 0 Å². The fourth-order valence-corrected chi connectivity index (χ4v) is 3.53. The molecule has 0 bridgehead atoms. The number of nitrogens with one attached hydrogen (secondary N) is 1. The Labute approximate surface area is 149 Å². The molecule has 126 valence electrons. The lowest BCUT2D eigenvalue weighted by Crippen LogP contribution is -2.32. The molecule has 7 heteroatoms. The van der Waals surface area contributed by atoms with Crippen molar-refractivity contribution in [2.24, 2.45) is 0 Å². The fraction of sp³-hybridized carbons (Fsp3) is 0.235. The first kappa shape index (κ1) is 16.8. The quantitative estimate of drug-likeness (QED) is 0.760. The summed E-state index contributed by atoms with van der Waals surface area (Å²) in [5.41, 5.74) is 0.682. The maximum Gasteiger partial charge on any atom is 0.238 e. The molecular formula is C17H17ClN2O3S. The topological polar surface area (TPSA) is 50.8 Å². The highest BCUT2D eigenvalue weighted by Gasteiger charge is 2.15. The largest absolute Gasteiger partial charge is 0.454 e. The average molecular weight is 365 g/mol. The van der Waals surface area contributed by atoms with Gasteiger partial charge in [-0.25, -0.2) is 0 Å². The van der Waals surface area contributed by atoms with E-state index in [9.17, 15) is 4.79 Å². The van der Waals surface area contributed by atoms with Gasteiger partial charge in [0, 0.05) is 29.7 Å². The molecule has 3 rings (SSSR count). The Bertz CT molecular complexity index is 747. The van der Waals surface area contributed by atoms with Crippen molar-refractivity contribution in [3.63, 3.8) is 0 Å². The van der Waals surface area contributed by atoms with Crippen LogP contribution in [0, 0.1) is 0 Å². The molecule has 2 heterocycles. The van der Waals surface area contributed by atoms with Crippen LogP contribution in [0.4, 0.5) is 5.69 Å². The summed E-state index contributed by atoms with van der Waals surface area (Å²) in [5, 5.41) is 2.88. The van der Waals surface area contributed by atoms with Gasteiger partial charge in [-0.1, -0.05) is 17.7 Å². The van der Waals surface area contributed by atoms with E-state index in [0.717, 1.165) is 9.21 Å². The summed E-state index contributed by atoms with van der Waals surface area (Å²) in [6.45, 7) is 5.49. The van der Waals surface area contributed by atoms with E-state index < -0.39 is 0 Å². The SMILES string of the molecule is C=CCN(CC(=O)Nc1ccc2c(c1)OCO2)Cc1ccc(Cl)s1. The number of benzene rings is 1. The molecule has 1 N–H and O–H groups in total. The molecule has 0 spiro atoms. The summed E-state index contributed by atoms with van der Waals surface area (Å²) in [4.78, 5) is 15.4. The Kier molecular flexibility index (Phi) is 5.40. The first-order valence-corrected chi connectivity index (χ1v) is 8.60. The number of fused-ring (bicyclic) bond motifs is 1. The van der Waals surface area contributed by atoms with Gasteiger partial charge in [-0.3, -0.25) is 9.69 Å². The minimum atomic E-state index is -0.0987. The van der Waals surface area contributed by atoms with Crippen molar-refractivity contribution < 1.29 is 14.3 Å². The number of hydrogen-bond acceptors (Lipinski definition) is 5. The van der Waals surface area contributed by atoms with Crippen LogP contribution in [0.25, 0.3) is 0 Å². The number of halogens is 1. The van der Waals surface area contributed by atoms with E-state index in [0.29, 0.717) is 30.3 Å². The molecule has 0 saturated heterocycles. The van der Waals surface area contributed by atoms with E-state index >= 15 is 0 Å². The molecule has 1 aliphatic rings. The van der Waals surface area contributed by atoms with Crippen molar-refractivity contribution in [3.8, 4) is 11.5 Å². The second kappa shape index (κ2) is 7.70. The summed E-state index contributed by atoms with van der Waals surface area (Å²) < 4.78 is 11.3. The molecule has 0 saturated carbocycles.